The maximum Gasteiger partial charge on any atom is 0.0389 e. The van der Waals surface area contributed by atoms with Crippen molar-refractivity contribution in [3.8, 4) is 0 Å². The highest BCUT2D eigenvalue weighted by molar-refractivity contribution is 7.12. The molecular formula is C11H19NS. The molecule has 0 radical (unpaired) electrons. The molecule has 0 aliphatic heterocycles. The molecule has 0 aromatic carbocycles. The molecule has 2 N–H and O–H groups in total. The van der Waals surface area contributed by atoms with Gasteiger partial charge in [0.1, 0.15) is 0 Å². The second-order valence-corrected chi connectivity index (χ2v) is 4.92. The number of hydrogen-bond acceptors (Lipinski definition) is 2. The Bertz CT molecular complexity index is 246. The topological polar surface area (TPSA) is 26.0 Å². The van der Waals surface area contributed by atoms with Gasteiger partial charge < -0.3 is 5.73 Å². The van der Waals surface area contributed by atoms with Gasteiger partial charge in [-0.3, -0.25) is 0 Å². The molecule has 0 amide bonds. The molecule has 1 nitrogen and oxygen atoms in total. The second-order valence-electron chi connectivity index (χ2n) is 3.64. The molecular weight excluding hydrogens is 178 g/mol. The van der Waals surface area contributed by atoms with Crippen molar-refractivity contribution < 1.29 is 0 Å². The van der Waals surface area contributed by atoms with E-state index in [4.69, 9.17) is 5.73 Å². The Labute approximate surface area is 85.0 Å². The van der Waals surface area contributed by atoms with E-state index < -0.39 is 0 Å². The Balaban J connectivity index is 2.60. The van der Waals surface area contributed by atoms with Gasteiger partial charge in [0.25, 0.3) is 0 Å². The van der Waals surface area contributed by atoms with E-state index in [9.17, 15) is 0 Å². The van der Waals surface area contributed by atoms with Crippen LogP contribution in [0.1, 0.15) is 47.5 Å². The average Bonchev–Trinajstić information content (AvgIpc) is 2.43. The molecule has 0 aliphatic rings. The van der Waals surface area contributed by atoms with Crippen molar-refractivity contribution in [2.75, 3.05) is 0 Å². The highest BCUT2D eigenvalue weighted by atomic mass is 32.1. The van der Waals surface area contributed by atoms with Gasteiger partial charge in [-0.25, -0.2) is 0 Å². The van der Waals surface area contributed by atoms with Gasteiger partial charge >= 0.3 is 0 Å². The molecule has 0 aliphatic carbocycles. The molecule has 74 valence electrons. The molecule has 0 spiro atoms. The number of unbranched alkanes of at least 4 members (excludes halogenated alkanes) is 1. The summed E-state index contributed by atoms with van der Waals surface area (Å²) < 4.78 is 0. The first kappa shape index (κ1) is 10.7. The first-order chi connectivity index (χ1) is 6.15. The fourth-order valence-electron chi connectivity index (χ4n) is 1.35. The monoisotopic (exact) mass is 197 g/mol. The molecule has 1 rings (SSSR count). The van der Waals surface area contributed by atoms with Crippen molar-refractivity contribution in [3.63, 3.8) is 0 Å². The Kier molecular flexibility index (Phi) is 3.94. The van der Waals surface area contributed by atoms with Gasteiger partial charge in [0.15, 0.2) is 0 Å². The van der Waals surface area contributed by atoms with Crippen molar-refractivity contribution in [2.24, 2.45) is 5.73 Å². The number of thiophene rings is 1. The molecule has 1 atom stereocenters. The van der Waals surface area contributed by atoms with Gasteiger partial charge in [0, 0.05) is 15.8 Å². The van der Waals surface area contributed by atoms with Gasteiger partial charge in [-0.2, -0.15) is 0 Å². The van der Waals surface area contributed by atoms with Gasteiger partial charge in [-0.1, -0.05) is 19.8 Å². The molecule has 1 aromatic rings. The quantitative estimate of drug-likeness (QED) is 0.784. The van der Waals surface area contributed by atoms with Crippen LogP contribution >= 0.6 is 11.3 Å². The predicted molar refractivity (Wildman–Crippen MR) is 60.2 cm³/mol. The van der Waals surface area contributed by atoms with Gasteiger partial charge in [0.05, 0.1) is 0 Å². The van der Waals surface area contributed by atoms with Gasteiger partial charge in [0.2, 0.25) is 0 Å². The lowest BCUT2D eigenvalue weighted by molar-refractivity contribution is 0.611. The zero-order chi connectivity index (χ0) is 9.84. The van der Waals surface area contributed by atoms with E-state index in [2.05, 4.69) is 26.8 Å². The molecule has 0 saturated heterocycles. The van der Waals surface area contributed by atoms with Crippen LogP contribution in [-0.4, -0.2) is 0 Å². The number of hydrogen-bond donors (Lipinski definition) is 1. The Morgan fingerprint density at radius 1 is 1.46 bits per heavy atom. The molecule has 2 heteroatoms. The minimum absolute atomic E-state index is 0.261. The Morgan fingerprint density at radius 2 is 2.15 bits per heavy atom. The van der Waals surface area contributed by atoms with Crippen LogP contribution < -0.4 is 5.73 Å². The van der Waals surface area contributed by atoms with E-state index in [-0.39, 0.29) is 6.04 Å². The van der Waals surface area contributed by atoms with Crippen LogP contribution in [0.4, 0.5) is 0 Å². The van der Waals surface area contributed by atoms with Gasteiger partial charge in [-0.05, 0) is 31.9 Å². The minimum atomic E-state index is 0.261. The van der Waals surface area contributed by atoms with Gasteiger partial charge in [-0.15, -0.1) is 11.3 Å². The van der Waals surface area contributed by atoms with E-state index >= 15 is 0 Å². The van der Waals surface area contributed by atoms with Crippen LogP contribution in [0.3, 0.4) is 0 Å². The first-order valence-electron chi connectivity index (χ1n) is 4.97. The fraction of sp³-hybridized carbons (Fsp3) is 0.636. The number of rotatable bonds is 4. The van der Waals surface area contributed by atoms with Crippen LogP contribution in [-0.2, 0) is 0 Å². The Hall–Kier alpha value is -0.340. The summed E-state index contributed by atoms with van der Waals surface area (Å²) in [5.74, 6) is 0. The molecule has 1 heterocycles. The van der Waals surface area contributed by atoms with E-state index in [0.29, 0.717) is 0 Å². The smallest absolute Gasteiger partial charge is 0.0389 e. The lowest BCUT2D eigenvalue weighted by Gasteiger charge is -2.07. The summed E-state index contributed by atoms with van der Waals surface area (Å²) in [4.78, 5) is 2.75. The first-order valence-corrected chi connectivity index (χ1v) is 5.79. The number of aryl methyl sites for hydroxylation is 2. The zero-order valence-electron chi connectivity index (χ0n) is 8.76. The van der Waals surface area contributed by atoms with Crippen LogP contribution in [0.5, 0.6) is 0 Å². The van der Waals surface area contributed by atoms with E-state index in [0.717, 1.165) is 6.42 Å². The maximum absolute atomic E-state index is 6.07. The van der Waals surface area contributed by atoms with Crippen LogP contribution in [0.2, 0.25) is 0 Å². The summed E-state index contributed by atoms with van der Waals surface area (Å²) in [7, 11) is 0. The van der Waals surface area contributed by atoms with Crippen molar-refractivity contribution in [1.82, 2.24) is 0 Å². The summed E-state index contributed by atoms with van der Waals surface area (Å²) in [6, 6.07) is 2.50. The zero-order valence-corrected chi connectivity index (χ0v) is 9.58. The standard InChI is InChI=1S/C11H19NS/c1-4-5-6-10(12)11-7-8(2)9(3)13-11/h7,10H,4-6,12H2,1-3H3/t10-/m1/s1. The predicted octanol–water partition coefficient (Wildman–Crippen LogP) is 3.55. The normalized spacial score (nSPS) is 13.2. The third kappa shape index (κ3) is 2.82. The van der Waals surface area contributed by atoms with Crippen molar-refractivity contribution in [1.29, 1.82) is 0 Å². The van der Waals surface area contributed by atoms with Crippen LogP contribution in [0.25, 0.3) is 0 Å². The summed E-state index contributed by atoms with van der Waals surface area (Å²) in [5.41, 5.74) is 7.46. The molecule has 0 fully saturated rings. The van der Waals surface area contributed by atoms with Crippen molar-refractivity contribution >= 4 is 11.3 Å². The minimum Gasteiger partial charge on any atom is -0.323 e. The lowest BCUT2D eigenvalue weighted by Crippen LogP contribution is -2.07. The summed E-state index contributed by atoms with van der Waals surface area (Å²) in [5, 5.41) is 0. The van der Waals surface area contributed by atoms with E-state index in [1.165, 1.54) is 28.2 Å². The van der Waals surface area contributed by atoms with Crippen molar-refractivity contribution in [3.05, 3.63) is 21.4 Å². The second kappa shape index (κ2) is 4.77. The average molecular weight is 197 g/mol. The molecule has 1 aromatic heterocycles. The molecule has 13 heavy (non-hydrogen) atoms. The fourth-order valence-corrected chi connectivity index (χ4v) is 2.43. The summed E-state index contributed by atoms with van der Waals surface area (Å²) in [6.07, 6.45) is 3.59. The third-order valence-electron chi connectivity index (χ3n) is 2.42. The van der Waals surface area contributed by atoms with Crippen molar-refractivity contribution in [2.45, 2.75) is 46.1 Å². The third-order valence-corrected chi connectivity index (χ3v) is 3.70. The SMILES string of the molecule is CCCC[C@@H](N)c1cc(C)c(C)s1. The molecule has 0 bridgehead atoms. The van der Waals surface area contributed by atoms with Crippen LogP contribution in [0, 0.1) is 13.8 Å². The van der Waals surface area contributed by atoms with E-state index in [1.54, 1.807) is 0 Å². The largest absolute Gasteiger partial charge is 0.323 e. The van der Waals surface area contributed by atoms with Crippen LogP contribution in [0.15, 0.2) is 6.07 Å². The Morgan fingerprint density at radius 3 is 2.62 bits per heavy atom. The number of nitrogens with two attached hydrogens (primary N) is 1. The van der Waals surface area contributed by atoms with E-state index in [1.807, 2.05) is 11.3 Å². The summed E-state index contributed by atoms with van der Waals surface area (Å²) in [6.45, 7) is 6.52. The molecule has 0 unspecified atom stereocenters. The lowest BCUT2D eigenvalue weighted by atomic mass is 10.1. The maximum atomic E-state index is 6.07. The summed E-state index contributed by atoms with van der Waals surface area (Å²) >= 11 is 1.85. The highest BCUT2D eigenvalue weighted by Gasteiger charge is 2.09. The molecule has 0 saturated carbocycles. The highest BCUT2D eigenvalue weighted by Crippen LogP contribution is 2.27.